The molecule has 2 aromatic carbocycles. The predicted octanol–water partition coefficient (Wildman–Crippen LogP) is 5.15. The molecular formula is C22H21NOS. The van der Waals surface area contributed by atoms with Crippen LogP contribution in [-0.4, -0.2) is 17.4 Å². The van der Waals surface area contributed by atoms with Gasteiger partial charge in [0.1, 0.15) is 0 Å². The van der Waals surface area contributed by atoms with Crippen LogP contribution in [0.4, 0.5) is 0 Å². The normalized spacial score (nSPS) is 16.6. The number of hydrogen-bond acceptors (Lipinski definition) is 2. The van der Waals surface area contributed by atoms with Crippen molar-refractivity contribution in [2.24, 2.45) is 0 Å². The number of amides is 1. The van der Waals surface area contributed by atoms with Crippen molar-refractivity contribution in [3.63, 3.8) is 0 Å². The molecule has 2 nitrogen and oxygen atoms in total. The van der Waals surface area contributed by atoms with Gasteiger partial charge in [-0.25, -0.2) is 0 Å². The Kier molecular flexibility index (Phi) is 4.18. The molecule has 1 amide bonds. The maximum absolute atomic E-state index is 13.4. The van der Waals surface area contributed by atoms with Gasteiger partial charge in [0, 0.05) is 17.0 Å². The van der Waals surface area contributed by atoms with Crippen LogP contribution in [0.25, 0.3) is 0 Å². The summed E-state index contributed by atoms with van der Waals surface area (Å²) in [4.78, 5) is 16.8. The number of carbonyl (C=O) groups excluding carboxylic acids is 1. The zero-order valence-corrected chi connectivity index (χ0v) is 15.3. The summed E-state index contributed by atoms with van der Waals surface area (Å²) in [6, 6.07) is 18.5. The molecule has 1 aromatic heterocycles. The van der Waals surface area contributed by atoms with E-state index in [0.717, 1.165) is 24.1 Å². The number of hydrogen-bond donors (Lipinski definition) is 0. The second-order valence-electron chi connectivity index (χ2n) is 6.62. The summed E-state index contributed by atoms with van der Waals surface area (Å²) < 4.78 is 0. The summed E-state index contributed by atoms with van der Waals surface area (Å²) in [6.07, 6.45) is 0.938. The molecule has 0 saturated carbocycles. The fourth-order valence-electron chi connectivity index (χ4n) is 3.73. The molecule has 1 atom stereocenters. The van der Waals surface area contributed by atoms with Crippen molar-refractivity contribution in [1.82, 2.24) is 4.90 Å². The zero-order chi connectivity index (χ0) is 17.4. The lowest BCUT2D eigenvalue weighted by atomic mass is 9.90. The fraction of sp³-hybridized carbons (Fsp3) is 0.227. The molecule has 0 radical (unpaired) electrons. The molecule has 2 heterocycles. The van der Waals surface area contributed by atoms with Gasteiger partial charge in [-0.3, -0.25) is 4.79 Å². The van der Waals surface area contributed by atoms with Crippen LogP contribution in [0.2, 0.25) is 0 Å². The van der Waals surface area contributed by atoms with Crippen LogP contribution in [0.5, 0.6) is 0 Å². The number of fused-ring (bicyclic) bond motifs is 1. The second-order valence-corrected chi connectivity index (χ2v) is 7.62. The maximum atomic E-state index is 13.4. The largest absolute Gasteiger partial charge is 0.327 e. The van der Waals surface area contributed by atoms with Gasteiger partial charge in [-0.15, -0.1) is 11.3 Å². The third-order valence-electron chi connectivity index (χ3n) is 5.09. The molecule has 25 heavy (non-hydrogen) atoms. The Morgan fingerprint density at radius 1 is 0.960 bits per heavy atom. The Morgan fingerprint density at radius 2 is 1.68 bits per heavy atom. The first-order chi connectivity index (χ1) is 12.2. The maximum Gasteiger partial charge on any atom is 0.254 e. The Hall–Kier alpha value is -2.39. The van der Waals surface area contributed by atoms with E-state index in [4.69, 9.17) is 0 Å². The van der Waals surface area contributed by atoms with Crippen molar-refractivity contribution in [1.29, 1.82) is 0 Å². The van der Waals surface area contributed by atoms with E-state index >= 15 is 0 Å². The molecule has 1 aliphatic heterocycles. The lowest BCUT2D eigenvalue weighted by Crippen LogP contribution is -2.40. The molecule has 126 valence electrons. The van der Waals surface area contributed by atoms with Crippen LogP contribution in [-0.2, 0) is 6.42 Å². The first-order valence-corrected chi connectivity index (χ1v) is 9.53. The van der Waals surface area contributed by atoms with Crippen LogP contribution in [0, 0.1) is 13.8 Å². The van der Waals surface area contributed by atoms with E-state index in [1.807, 2.05) is 31.2 Å². The van der Waals surface area contributed by atoms with Gasteiger partial charge in [0.15, 0.2) is 0 Å². The molecule has 0 N–H and O–H groups in total. The van der Waals surface area contributed by atoms with E-state index in [1.54, 1.807) is 11.3 Å². The standard InChI is InChI=1S/C22H21NOS/c1-15-7-3-5-9-17(15)21-19-12-14-25-20(19)11-13-23(21)22(24)18-10-6-4-8-16(18)2/h3-10,12,14,21H,11,13H2,1-2H3/t21-/m0/s1. The highest BCUT2D eigenvalue weighted by Gasteiger charge is 2.34. The molecule has 0 saturated heterocycles. The Balaban J connectivity index is 1.83. The molecular weight excluding hydrogens is 326 g/mol. The average molecular weight is 347 g/mol. The van der Waals surface area contributed by atoms with Gasteiger partial charge in [-0.05, 0) is 60.0 Å². The highest BCUT2D eigenvalue weighted by atomic mass is 32.1. The van der Waals surface area contributed by atoms with Crippen molar-refractivity contribution in [2.45, 2.75) is 26.3 Å². The topological polar surface area (TPSA) is 20.3 Å². The summed E-state index contributed by atoms with van der Waals surface area (Å²) in [6.45, 7) is 4.90. The van der Waals surface area contributed by atoms with E-state index in [2.05, 4.69) is 47.5 Å². The molecule has 4 rings (SSSR count). The fourth-order valence-corrected chi connectivity index (χ4v) is 4.64. The molecule has 0 fully saturated rings. The van der Waals surface area contributed by atoms with Crippen molar-refractivity contribution < 1.29 is 4.79 Å². The minimum absolute atomic E-state index is 0.00306. The van der Waals surface area contributed by atoms with Crippen molar-refractivity contribution >= 4 is 17.2 Å². The minimum atomic E-state index is 0.00306. The van der Waals surface area contributed by atoms with Crippen molar-refractivity contribution in [3.8, 4) is 0 Å². The van der Waals surface area contributed by atoms with Gasteiger partial charge in [0.05, 0.1) is 6.04 Å². The molecule has 0 spiro atoms. The van der Waals surface area contributed by atoms with Gasteiger partial charge < -0.3 is 4.90 Å². The summed E-state index contributed by atoms with van der Waals surface area (Å²) in [5.41, 5.74) is 5.58. The molecule has 0 unspecified atom stereocenters. The summed E-state index contributed by atoms with van der Waals surface area (Å²) in [7, 11) is 0. The van der Waals surface area contributed by atoms with E-state index in [1.165, 1.54) is 21.6 Å². The molecule has 0 aliphatic carbocycles. The Labute approximate surface area is 152 Å². The Morgan fingerprint density at radius 3 is 2.44 bits per heavy atom. The lowest BCUT2D eigenvalue weighted by molar-refractivity contribution is 0.0695. The van der Waals surface area contributed by atoms with E-state index in [-0.39, 0.29) is 11.9 Å². The zero-order valence-electron chi connectivity index (χ0n) is 14.5. The average Bonchev–Trinajstić information content (AvgIpc) is 3.10. The number of aryl methyl sites for hydroxylation is 2. The van der Waals surface area contributed by atoms with Crippen LogP contribution >= 0.6 is 11.3 Å². The monoisotopic (exact) mass is 347 g/mol. The number of carbonyl (C=O) groups is 1. The summed E-state index contributed by atoms with van der Waals surface area (Å²) >= 11 is 1.80. The van der Waals surface area contributed by atoms with Gasteiger partial charge in [-0.2, -0.15) is 0 Å². The minimum Gasteiger partial charge on any atom is -0.327 e. The van der Waals surface area contributed by atoms with Crippen LogP contribution in [0.15, 0.2) is 60.0 Å². The third-order valence-corrected chi connectivity index (χ3v) is 6.08. The summed E-state index contributed by atoms with van der Waals surface area (Å²) in [5.74, 6) is 0.128. The molecule has 1 aliphatic rings. The van der Waals surface area contributed by atoms with E-state index < -0.39 is 0 Å². The number of benzene rings is 2. The second kappa shape index (κ2) is 6.49. The molecule has 3 heteroatoms. The highest BCUT2D eigenvalue weighted by molar-refractivity contribution is 7.10. The van der Waals surface area contributed by atoms with Crippen LogP contribution in [0.1, 0.15) is 43.5 Å². The molecule has 3 aromatic rings. The number of thiophene rings is 1. The lowest BCUT2D eigenvalue weighted by Gasteiger charge is -2.37. The van der Waals surface area contributed by atoms with Gasteiger partial charge in [0.2, 0.25) is 0 Å². The first-order valence-electron chi connectivity index (χ1n) is 8.65. The quantitative estimate of drug-likeness (QED) is 0.627. The van der Waals surface area contributed by atoms with Crippen molar-refractivity contribution in [3.05, 3.63) is 92.7 Å². The van der Waals surface area contributed by atoms with Gasteiger partial charge >= 0.3 is 0 Å². The van der Waals surface area contributed by atoms with Crippen LogP contribution in [0.3, 0.4) is 0 Å². The highest BCUT2D eigenvalue weighted by Crippen LogP contribution is 2.39. The smallest absolute Gasteiger partial charge is 0.254 e. The predicted molar refractivity (Wildman–Crippen MR) is 103 cm³/mol. The Bertz CT molecular complexity index is 927. The SMILES string of the molecule is Cc1ccccc1C(=O)N1CCc2sccc2[C@@H]1c1ccccc1C. The third kappa shape index (κ3) is 2.79. The van der Waals surface area contributed by atoms with Gasteiger partial charge in [0.25, 0.3) is 5.91 Å². The first kappa shape index (κ1) is 16.1. The van der Waals surface area contributed by atoms with Crippen molar-refractivity contribution in [2.75, 3.05) is 6.54 Å². The molecule has 0 bridgehead atoms. The summed E-state index contributed by atoms with van der Waals surface area (Å²) in [5, 5.41) is 2.15. The number of rotatable bonds is 2. The number of nitrogens with zero attached hydrogens (tertiary/aromatic N) is 1. The van der Waals surface area contributed by atoms with E-state index in [0.29, 0.717) is 0 Å². The van der Waals surface area contributed by atoms with E-state index in [9.17, 15) is 4.79 Å². The van der Waals surface area contributed by atoms with Crippen LogP contribution < -0.4 is 0 Å². The van der Waals surface area contributed by atoms with Gasteiger partial charge in [-0.1, -0.05) is 42.5 Å².